The lowest BCUT2D eigenvalue weighted by atomic mass is 10.1. The quantitative estimate of drug-likeness (QED) is 0.754. The lowest BCUT2D eigenvalue weighted by Gasteiger charge is -2.06. The lowest BCUT2D eigenvalue weighted by Crippen LogP contribution is -2.30. The van der Waals surface area contributed by atoms with Crippen molar-refractivity contribution in [3.63, 3.8) is 0 Å². The minimum absolute atomic E-state index is 0.264. The van der Waals surface area contributed by atoms with Crippen molar-refractivity contribution in [3.8, 4) is 11.5 Å². The molecule has 0 unspecified atom stereocenters. The molecular weight excluding hydrogens is 304 g/mol. The first-order valence-corrected chi connectivity index (χ1v) is 7.70. The fourth-order valence-corrected chi connectivity index (χ4v) is 2.26. The van der Waals surface area contributed by atoms with Crippen LogP contribution in [0.15, 0.2) is 59.0 Å². The van der Waals surface area contributed by atoms with E-state index in [1.54, 1.807) is 0 Å². The molecule has 0 fully saturated rings. The molecule has 2 aromatic carbocycles. The van der Waals surface area contributed by atoms with E-state index in [0.29, 0.717) is 24.7 Å². The van der Waals surface area contributed by atoms with E-state index in [1.807, 2.05) is 61.5 Å². The third-order valence-corrected chi connectivity index (χ3v) is 3.50. The molecule has 1 aromatic heterocycles. The number of nitrogens with one attached hydrogen (secondary N) is 2. The van der Waals surface area contributed by atoms with Gasteiger partial charge < -0.3 is 15.1 Å². The molecule has 0 atom stereocenters. The van der Waals surface area contributed by atoms with Crippen LogP contribution >= 0.6 is 0 Å². The molecule has 1 heterocycles. The van der Waals surface area contributed by atoms with E-state index < -0.39 is 0 Å². The first-order chi connectivity index (χ1) is 11.7. The maximum absolute atomic E-state index is 11.8. The molecule has 122 valence electrons. The van der Waals surface area contributed by atoms with Gasteiger partial charge in [0.25, 0.3) is 0 Å². The SMILES string of the molecule is Cc1ccccc1-c1nnc(CCNC(=O)Nc2ccccc2)o1. The highest BCUT2D eigenvalue weighted by atomic mass is 16.4. The molecule has 24 heavy (non-hydrogen) atoms. The van der Waals surface area contributed by atoms with Crippen LogP contribution in [0.4, 0.5) is 10.5 Å². The summed E-state index contributed by atoms with van der Waals surface area (Å²) in [7, 11) is 0. The molecular formula is C18H18N4O2. The highest BCUT2D eigenvalue weighted by Crippen LogP contribution is 2.21. The largest absolute Gasteiger partial charge is 0.421 e. The molecule has 0 spiro atoms. The summed E-state index contributed by atoms with van der Waals surface area (Å²) in [6.07, 6.45) is 0.473. The second-order valence-corrected chi connectivity index (χ2v) is 5.31. The molecule has 0 saturated carbocycles. The Balaban J connectivity index is 1.51. The summed E-state index contributed by atoms with van der Waals surface area (Å²) in [5.74, 6) is 0.991. The second-order valence-electron chi connectivity index (χ2n) is 5.31. The van der Waals surface area contributed by atoms with Crippen molar-refractivity contribution in [2.45, 2.75) is 13.3 Å². The van der Waals surface area contributed by atoms with Crippen molar-refractivity contribution >= 4 is 11.7 Å². The van der Waals surface area contributed by atoms with Crippen LogP contribution in [0, 0.1) is 6.92 Å². The molecule has 0 aliphatic heterocycles. The van der Waals surface area contributed by atoms with E-state index in [-0.39, 0.29) is 6.03 Å². The zero-order chi connectivity index (χ0) is 16.8. The predicted octanol–water partition coefficient (Wildman–Crippen LogP) is 3.41. The highest BCUT2D eigenvalue weighted by molar-refractivity contribution is 5.89. The Morgan fingerprint density at radius 1 is 1.04 bits per heavy atom. The predicted molar refractivity (Wildman–Crippen MR) is 91.6 cm³/mol. The number of anilines is 1. The molecule has 2 N–H and O–H groups in total. The van der Waals surface area contributed by atoms with Crippen LogP contribution in [0.5, 0.6) is 0 Å². The molecule has 2 amide bonds. The molecule has 3 aromatic rings. The molecule has 0 radical (unpaired) electrons. The van der Waals surface area contributed by atoms with Crippen molar-refractivity contribution in [1.29, 1.82) is 0 Å². The van der Waals surface area contributed by atoms with Crippen LogP contribution in [-0.2, 0) is 6.42 Å². The number of hydrogen-bond acceptors (Lipinski definition) is 4. The van der Waals surface area contributed by atoms with Gasteiger partial charge in [0.15, 0.2) is 0 Å². The third-order valence-electron chi connectivity index (χ3n) is 3.50. The average Bonchev–Trinajstić information content (AvgIpc) is 3.05. The molecule has 6 heteroatoms. The van der Waals surface area contributed by atoms with Crippen molar-refractivity contribution in [1.82, 2.24) is 15.5 Å². The van der Waals surface area contributed by atoms with E-state index in [0.717, 1.165) is 16.8 Å². The number of aryl methyl sites for hydroxylation is 1. The van der Waals surface area contributed by atoms with Crippen LogP contribution in [-0.4, -0.2) is 22.8 Å². The number of hydrogen-bond donors (Lipinski definition) is 2. The van der Waals surface area contributed by atoms with Gasteiger partial charge in [0, 0.05) is 24.2 Å². The lowest BCUT2D eigenvalue weighted by molar-refractivity contribution is 0.252. The summed E-state index contributed by atoms with van der Waals surface area (Å²) in [5, 5.41) is 13.6. The molecule has 0 bridgehead atoms. The Kier molecular flexibility index (Phi) is 4.86. The van der Waals surface area contributed by atoms with E-state index in [2.05, 4.69) is 20.8 Å². The van der Waals surface area contributed by atoms with Gasteiger partial charge in [0.1, 0.15) is 0 Å². The molecule has 0 saturated heterocycles. The summed E-state index contributed by atoms with van der Waals surface area (Å²) in [6.45, 7) is 2.41. The van der Waals surface area contributed by atoms with Gasteiger partial charge in [0.2, 0.25) is 11.8 Å². The number of aromatic nitrogens is 2. The van der Waals surface area contributed by atoms with Gasteiger partial charge in [-0.3, -0.25) is 0 Å². The Labute approximate surface area is 139 Å². The van der Waals surface area contributed by atoms with Gasteiger partial charge in [-0.25, -0.2) is 4.79 Å². The number of rotatable bonds is 5. The van der Waals surface area contributed by atoms with E-state index in [4.69, 9.17) is 4.42 Å². The van der Waals surface area contributed by atoms with Crippen LogP contribution in [0.3, 0.4) is 0 Å². The number of benzene rings is 2. The number of amides is 2. The maximum Gasteiger partial charge on any atom is 0.319 e. The standard InChI is InChI=1S/C18H18N4O2/c1-13-7-5-6-10-15(13)17-22-21-16(24-17)11-12-19-18(23)20-14-8-3-2-4-9-14/h2-10H,11-12H2,1H3,(H2,19,20,23). The third kappa shape index (κ3) is 3.98. The summed E-state index contributed by atoms with van der Waals surface area (Å²) < 4.78 is 5.66. The van der Waals surface area contributed by atoms with Crippen molar-refractivity contribution in [2.75, 3.05) is 11.9 Å². The second kappa shape index (κ2) is 7.41. The van der Waals surface area contributed by atoms with Crippen LogP contribution in [0.2, 0.25) is 0 Å². The first-order valence-electron chi connectivity index (χ1n) is 7.70. The van der Waals surface area contributed by atoms with Gasteiger partial charge in [-0.15, -0.1) is 10.2 Å². The normalized spacial score (nSPS) is 10.4. The highest BCUT2D eigenvalue weighted by Gasteiger charge is 2.10. The fraction of sp³-hybridized carbons (Fsp3) is 0.167. The zero-order valence-electron chi connectivity index (χ0n) is 13.3. The Bertz CT molecular complexity index is 815. The Morgan fingerprint density at radius 2 is 1.79 bits per heavy atom. The van der Waals surface area contributed by atoms with Gasteiger partial charge in [-0.05, 0) is 30.7 Å². The number of para-hydroxylation sites is 1. The number of urea groups is 1. The average molecular weight is 322 g/mol. The summed E-state index contributed by atoms with van der Waals surface area (Å²) >= 11 is 0. The van der Waals surface area contributed by atoms with Crippen molar-refractivity contribution in [2.24, 2.45) is 0 Å². The molecule has 0 aliphatic rings. The van der Waals surface area contributed by atoms with E-state index >= 15 is 0 Å². The summed E-state index contributed by atoms with van der Waals surface area (Å²) in [6, 6.07) is 16.8. The van der Waals surface area contributed by atoms with Gasteiger partial charge in [0.05, 0.1) is 0 Å². The van der Waals surface area contributed by atoms with E-state index in [1.165, 1.54) is 0 Å². The van der Waals surface area contributed by atoms with Crippen molar-refractivity contribution in [3.05, 3.63) is 66.1 Å². The summed E-state index contributed by atoms with van der Waals surface area (Å²) in [4.78, 5) is 11.8. The van der Waals surface area contributed by atoms with Gasteiger partial charge in [-0.1, -0.05) is 36.4 Å². The minimum Gasteiger partial charge on any atom is -0.421 e. The number of carbonyl (C=O) groups is 1. The number of nitrogens with zero attached hydrogens (tertiary/aromatic N) is 2. The van der Waals surface area contributed by atoms with Gasteiger partial charge in [-0.2, -0.15) is 0 Å². The molecule has 0 aliphatic carbocycles. The fourth-order valence-electron chi connectivity index (χ4n) is 2.26. The smallest absolute Gasteiger partial charge is 0.319 e. The zero-order valence-corrected chi connectivity index (χ0v) is 13.3. The van der Waals surface area contributed by atoms with Crippen LogP contribution in [0.1, 0.15) is 11.5 Å². The summed E-state index contributed by atoms with van der Waals surface area (Å²) in [5.41, 5.74) is 2.74. The Hall–Kier alpha value is -3.15. The van der Waals surface area contributed by atoms with Gasteiger partial charge >= 0.3 is 6.03 Å². The van der Waals surface area contributed by atoms with Crippen LogP contribution < -0.4 is 10.6 Å². The molecule has 6 nitrogen and oxygen atoms in total. The maximum atomic E-state index is 11.8. The van der Waals surface area contributed by atoms with Crippen LogP contribution in [0.25, 0.3) is 11.5 Å². The monoisotopic (exact) mass is 322 g/mol. The van der Waals surface area contributed by atoms with E-state index in [9.17, 15) is 4.79 Å². The minimum atomic E-state index is -0.264. The van der Waals surface area contributed by atoms with Crippen molar-refractivity contribution < 1.29 is 9.21 Å². The number of carbonyl (C=O) groups excluding carboxylic acids is 1. The molecule has 3 rings (SSSR count). The first kappa shape index (κ1) is 15.7. The topological polar surface area (TPSA) is 80.0 Å². The Morgan fingerprint density at radius 3 is 2.58 bits per heavy atom.